The van der Waals surface area contributed by atoms with Crippen molar-refractivity contribution in [2.75, 3.05) is 4.90 Å². The van der Waals surface area contributed by atoms with Gasteiger partial charge in [0, 0.05) is 29.5 Å². The molecule has 0 fully saturated rings. The first kappa shape index (κ1) is 32.2. The number of carbonyl (C=O) groups excluding carboxylic acids is 1. The quantitative estimate of drug-likeness (QED) is 0.180. The van der Waals surface area contributed by atoms with E-state index in [0.717, 1.165) is 34.3 Å². The monoisotopic (exact) mass is 613 g/mol. The molecular formula is C34H29F2N3O6. The first-order valence-corrected chi connectivity index (χ1v) is 13.8. The van der Waals surface area contributed by atoms with Gasteiger partial charge in [-0.3, -0.25) is 19.4 Å². The number of aliphatic carboxylic acids is 2. The molecule has 45 heavy (non-hydrogen) atoms. The van der Waals surface area contributed by atoms with E-state index < -0.39 is 23.6 Å². The van der Waals surface area contributed by atoms with Crippen LogP contribution in [0.1, 0.15) is 29.7 Å². The number of pyridine rings is 2. The summed E-state index contributed by atoms with van der Waals surface area (Å²) in [5, 5.41) is 16.9. The zero-order chi connectivity index (χ0) is 32.2. The molecular weight excluding hydrogens is 584 g/mol. The van der Waals surface area contributed by atoms with Gasteiger partial charge in [-0.25, -0.2) is 13.8 Å². The summed E-state index contributed by atoms with van der Waals surface area (Å²) in [6, 6.07) is 25.8. The number of ether oxygens (including phenoxy) is 1. The summed E-state index contributed by atoms with van der Waals surface area (Å²) in [7, 11) is 0. The number of para-hydroxylation sites is 1. The summed E-state index contributed by atoms with van der Waals surface area (Å²) < 4.78 is 33.5. The SMILES string of the molecule is O=C(Cc1ccc(F)cc1F)N(Cc1cccnc1)c1ccc(OCc2ccc3ccccc3n2)cc1.O=C(O)CCC(=O)O. The summed E-state index contributed by atoms with van der Waals surface area (Å²) in [6.45, 7) is 0.545. The molecule has 5 rings (SSSR count). The van der Waals surface area contributed by atoms with Crippen LogP contribution in [-0.4, -0.2) is 38.0 Å². The van der Waals surface area contributed by atoms with E-state index in [0.29, 0.717) is 18.0 Å². The molecule has 0 unspecified atom stereocenters. The highest BCUT2D eigenvalue weighted by Gasteiger charge is 2.19. The van der Waals surface area contributed by atoms with Crippen LogP contribution >= 0.6 is 0 Å². The molecule has 11 heteroatoms. The minimum Gasteiger partial charge on any atom is -0.487 e. The van der Waals surface area contributed by atoms with Gasteiger partial charge in [-0.1, -0.05) is 36.4 Å². The number of benzene rings is 3. The lowest BCUT2D eigenvalue weighted by atomic mass is 10.1. The zero-order valence-electron chi connectivity index (χ0n) is 24.0. The molecule has 0 saturated carbocycles. The van der Waals surface area contributed by atoms with E-state index in [-0.39, 0.29) is 37.3 Å². The Morgan fingerprint density at radius 2 is 1.56 bits per heavy atom. The second-order valence-corrected chi connectivity index (χ2v) is 9.82. The largest absolute Gasteiger partial charge is 0.487 e. The van der Waals surface area contributed by atoms with Crippen LogP contribution in [0.2, 0.25) is 0 Å². The topological polar surface area (TPSA) is 130 Å². The number of aromatic nitrogens is 2. The molecule has 230 valence electrons. The molecule has 0 atom stereocenters. The summed E-state index contributed by atoms with van der Waals surface area (Å²) in [4.78, 5) is 42.8. The van der Waals surface area contributed by atoms with Gasteiger partial charge >= 0.3 is 11.9 Å². The van der Waals surface area contributed by atoms with Crippen molar-refractivity contribution in [2.45, 2.75) is 32.4 Å². The smallest absolute Gasteiger partial charge is 0.303 e. The van der Waals surface area contributed by atoms with Crippen LogP contribution in [0.3, 0.4) is 0 Å². The fourth-order valence-electron chi connectivity index (χ4n) is 4.20. The maximum atomic E-state index is 14.2. The number of halogens is 2. The zero-order valence-corrected chi connectivity index (χ0v) is 24.0. The van der Waals surface area contributed by atoms with Gasteiger partial charge in [0.05, 0.1) is 37.0 Å². The molecule has 0 aliphatic heterocycles. The highest BCUT2D eigenvalue weighted by Crippen LogP contribution is 2.24. The second kappa shape index (κ2) is 15.7. The minimum absolute atomic E-state index is 0.130. The van der Waals surface area contributed by atoms with E-state index in [9.17, 15) is 23.2 Å². The Hall–Kier alpha value is -5.71. The molecule has 2 aromatic heterocycles. The second-order valence-electron chi connectivity index (χ2n) is 9.82. The van der Waals surface area contributed by atoms with Gasteiger partial charge in [0.2, 0.25) is 5.91 Å². The highest BCUT2D eigenvalue weighted by molar-refractivity contribution is 5.94. The molecule has 0 aliphatic rings. The molecule has 9 nitrogen and oxygen atoms in total. The maximum Gasteiger partial charge on any atom is 0.303 e. The van der Waals surface area contributed by atoms with E-state index in [2.05, 4.69) is 9.97 Å². The predicted molar refractivity (Wildman–Crippen MR) is 163 cm³/mol. The standard InChI is InChI=1S/C30H23F2N3O2.C4H6O4/c31-24-9-7-23(28(32)17-24)16-30(36)35(19-21-4-3-15-33-18-21)26-11-13-27(14-12-26)37-20-25-10-8-22-5-1-2-6-29(22)34-25;5-3(6)1-2-4(7)8/h1-15,17-18H,16,19-20H2;1-2H2,(H,5,6)(H,7,8). The van der Waals surface area contributed by atoms with Crippen LogP contribution < -0.4 is 9.64 Å². The lowest BCUT2D eigenvalue weighted by Gasteiger charge is -2.23. The Morgan fingerprint density at radius 3 is 2.22 bits per heavy atom. The summed E-state index contributed by atoms with van der Waals surface area (Å²) >= 11 is 0. The van der Waals surface area contributed by atoms with Crippen molar-refractivity contribution < 1.29 is 38.1 Å². The Kier molecular flexibility index (Phi) is 11.2. The van der Waals surface area contributed by atoms with Crippen molar-refractivity contribution in [3.05, 3.63) is 132 Å². The van der Waals surface area contributed by atoms with Crippen LogP contribution in [0, 0.1) is 11.6 Å². The van der Waals surface area contributed by atoms with E-state index >= 15 is 0 Å². The highest BCUT2D eigenvalue weighted by atomic mass is 19.1. The summed E-state index contributed by atoms with van der Waals surface area (Å²) in [5.41, 5.74) is 3.27. The Bertz CT molecular complexity index is 1750. The van der Waals surface area contributed by atoms with E-state index in [4.69, 9.17) is 14.9 Å². The van der Waals surface area contributed by atoms with Gasteiger partial charge in [0.25, 0.3) is 0 Å². The van der Waals surface area contributed by atoms with Gasteiger partial charge in [0.1, 0.15) is 24.0 Å². The molecule has 2 heterocycles. The third-order valence-corrected chi connectivity index (χ3v) is 6.47. The third-order valence-electron chi connectivity index (χ3n) is 6.47. The van der Waals surface area contributed by atoms with Gasteiger partial charge in [-0.15, -0.1) is 0 Å². The Morgan fingerprint density at radius 1 is 0.822 bits per heavy atom. The molecule has 0 spiro atoms. The molecule has 2 N–H and O–H groups in total. The number of carboxylic acids is 2. The first-order chi connectivity index (χ1) is 21.7. The number of fused-ring (bicyclic) bond motifs is 1. The maximum absolute atomic E-state index is 14.2. The minimum atomic E-state index is -1.08. The van der Waals surface area contributed by atoms with Crippen LogP contribution in [0.25, 0.3) is 10.9 Å². The van der Waals surface area contributed by atoms with Crippen LogP contribution in [0.4, 0.5) is 14.5 Å². The molecule has 5 aromatic rings. The van der Waals surface area contributed by atoms with Crippen molar-refractivity contribution in [2.24, 2.45) is 0 Å². The van der Waals surface area contributed by atoms with Crippen LogP contribution in [0.5, 0.6) is 5.75 Å². The van der Waals surface area contributed by atoms with E-state index in [1.165, 1.54) is 6.07 Å². The number of anilines is 1. The van der Waals surface area contributed by atoms with Gasteiger partial charge < -0.3 is 19.8 Å². The fraction of sp³-hybridized carbons (Fsp3) is 0.147. The van der Waals surface area contributed by atoms with Crippen molar-refractivity contribution >= 4 is 34.4 Å². The molecule has 0 aliphatic carbocycles. The first-order valence-electron chi connectivity index (χ1n) is 13.8. The number of rotatable bonds is 11. The van der Waals surface area contributed by atoms with Crippen LogP contribution in [0.15, 0.2) is 103 Å². The van der Waals surface area contributed by atoms with Gasteiger partial charge in [0.15, 0.2) is 0 Å². The van der Waals surface area contributed by atoms with Crippen molar-refractivity contribution in [3.63, 3.8) is 0 Å². The molecule has 0 saturated heterocycles. The van der Waals surface area contributed by atoms with Gasteiger partial charge in [-0.2, -0.15) is 0 Å². The summed E-state index contributed by atoms with van der Waals surface area (Å²) in [6.07, 6.45) is 2.52. The Labute approximate surface area is 257 Å². The van der Waals surface area contributed by atoms with Crippen LogP contribution in [-0.2, 0) is 34.0 Å². The fourth-order valence-corrected chi connectivity index (χ4v) is 4.20. The van der Waals surface area contributed by atoms with Crippen molar-refractivity contribution in [1.29, 1.82) is 0 Å². The average Bonchev–Trinajstić information content (AvgIpc) is 3.04. The molecule has 0 bridgehead atoms. The average molecular weight is 614 g/mol. The van der Waals surface area contributed by atoms with Gasteiger partial charge in [-0.05, 0) is 59.7 Å². The molecule has 3 aromatic carbocycles. The predicted octanol–water partition coefficient (Wildman–Crippen LogP) is 6.20. The van der Waals surface area contributed by atoms with Crippen molar-refractivity contribution in [1.82, 2.24) is 9.97 Å². The normalized spacial score (nSPS) is 10.4. The number of hydrogen-bond acceptors (Lipinski definition) is 6. The molecule has 0 radical (unpaired) electrons. The summed E-state index contributed by atoms with van der Waals surface area (Å²) in [5.74, 6) is -3.30. The lowest BCUT2D eigenvalue weighted by Crippen LogP contribution is -2.32. The third kappa shape index (κ3) is 9.92. The number of nitrogens with zero attached hydrogens (tertiary/aromatic N) is 3. The van der Waals surface area contributed by atoms with E-state index in [1.807, 2.05) is 42.5 Å². The van der Waals surface area contributed by atoms with Crippen molar-refractivity contribution in [3.8, 4) is 5.75 Å². The number of amides is 1. The number of hydrogen-bond donors (Lipinski definition) is 2. The molecule has 1 amide bonds. The number of carboxylic acid groups (broad SMARTS) is 2. The Balaban J connectivity index is 0.000000510. The van der Waals surface area contributed by atoms with E-state index in [1.54, 1.807) is 47.6 Å². The number of carbonyl (C=O) groups is 3. The lowest BCUT2D eigenvalue weighted by molar-refractivity contribution is -0.143.